The average Bonchev–Trinajstić information content (AvgIpc) is 2.39. The average molecular weight is 335 g/mol. The van der Waals surface area contributed by atoms with E-state index < -0.39 is 11.9 Å². The number of aromatic carboxylic acids is 1. The molecule has 0 unspecified atom stereocenters. The van der Waals surface area contributed by atoms with Crippen molar-refractivity contribution < 1.29 is 14.7 Å². The Morgan fingerprint density at radius 3 is 2.60 bits per heavy atom. The second-order valence-electron chi connectivity index (χ2n) is 4.14. The number of aromatic nitrogens is 1. The Bertz CT molecular complexity index is 669. The van der Waals surface area contributed by atoms with Gasteiger partial charge in [-0.15, -0.1) is 0 Å². The number of aryl methyl sites for hydroxylation is 1. The van der Waals surface area contributed by atoms with Crippen molar-refractivity contribution in [2.45, 2.75) is 6.92 Å². The van der Waals surface area contributed by atoms with Gasteiger partial charge in [0.1, 0.15) is 0 Å². The van der Waals surface area contributed by atoms with Crippen LogP contribution in [0.5, 0.6) is 0 Å². The molecule has 6 heteroatoms. The maximum atomic E-state index is 12.1. The molecular weight excluding hydrogens is 324 g/mol. The smallest absolute Gasteiger partial charge is 0.337 e. The zero-order valence-corrected chi connectivity index (χ0v) is 12.1. The lowest BCUT2D eigenvalue weighted by atomic mass is 10.1. The monoisotopic (exact) mass is 334 g/mol. The number of rotatable bonds is 3. The summed E-state index contributed by atoms with van der Waals surface area (Å²) in [5.74, 6) is -1.51. The maximum absolute atomic E-state index is 12.1. The molecule has 0 saturated carbocycles. The summed E-state index contributed by atoms with van der Waals surface area (Å²) in [5.41, 5.74) is 1.43. The van der Waals surface area contributed by atoms with Gasteiger partial charge in [0.2, 0.25) is 0 Å². The lowest BCUT2D eigenvalue weighted by molar-refractivity contribution is 0.0698. The molecule has 1 heterocycles. The number of carbonyl (C=O) groups excluding carboxylic acids is 1. The number of halogens is 1. The van der Waals surface area contributed by atoms with Crippen molar-refractivity contribution in [2.75, 3.05) is 5.32 Å². The number of benzene rings is 1. The first-order chi connectivity index (χ1) is 9.47. The second-order valence-corrected chi connectivity index (χ2v) is 5.05. The quantitative estimate of drug-likeness (QED) is 0.903. The van der Waals surface area contributed by atoms with Crippen molar-refractivity contribution in [3.8, 4) is 0 Å². The number of carbonyl (C=O) groups is 2. The van der Waals surface area contributed by atoms with E-state index in [2.05, 4.69) is 26.2 Å². The number of nitrogens with one attached hydrogen (secondary N) is 1. The van der Waals surface area contributed by atoms with E-state index in [1.807, 2.05) is 6.92 Å². The van der Waals surface area contributed by atoms with Crippen molar-refractivity contribution in [1.82, 2.24) is 4.98 Å². The third-order valence-electron chi connectivity index (χ3n) is 2.63. The third kappa shape index (κ3) is 3.21. The third-order valence-corrected chi connectivity index (χ3v) is 3.13. The van der Waals surface area contributed by atoms with Crippen LogP contribution in [0.3, 0.4) is 0 Å². The van der Waals surface area contributed by atoms with E-state index in [0.29, 0.717) is 10.0 Å². The van der Waals surface area contributed by atoms with Crippen molar-refractivity contribution >= 4 is 33.5 Å². The molecule has 0 bridgehead atoms. The van der Waals surface area contributed by atoms with Crippen molar-refractivity contribution in [1.29, 1.82) is 0 Å². The van der Waals surface area contributed by atoms with Crippen molar-refractivity contribution in [2.24, 2.45) is 0 Å². The van der Waals surface area contributed by atoms with Gasteiger partial charge in [-0.2, -0.15) is 0 Å². The molecule has 0 spiro atoms. The number of hydrogen-bond donors (Lipinski definition) is 2. The molecule has 0 fully saturated rings. The molecule has 5 nitrogen and oxygen atoms in total. The topological polar surface area (TPSA) is 79.3 Å². The lowest BCUT2D eigenvalue weighted by Crippen LogP contribution is -2.15. The normalized spacial score (nSPS) is 10.1. The van der Waals surface area contributed by atoms with Crippen LogP contribution < -0.4 is 5.32 Å². The van der Waals surface area contributed by atoms with E-state index in [4.69, 9.17) is 5.11 Å². The predicted molar refractivity (Wildman–Crippen MR) is 78.0 cm³/mol. The summed E-state index contributed by atoms with van der Waals surface area (Å²) in [4.78, 5) is 27.2. The van der Waals surface area contributed by atoms with Crippen LogP contribution in [-0.2, 0) is 0 Å². The second kappa shape index (κ2) is 5.83. The first-order valence-corrected chi connectivity index (χ1v) is 6.53. The summed E-state index contributed by atoms with van der Waals surface area (Å²) < 4.78 is 0.680. The predicted octanol–water partition coefficient (Wildman–Crippen LogP) is 3.10. The molecular formula is C14H11BrN2O3. The highest BCUT2D eigenvalue weighted by Crippen LogP contribution is 2.22. The van der Waals surface area contributed by atoms with E-state index in [9.17, 15) is 9.59 Å². The Morgan fingerprint density at radius 1 is 1.25 bits per heavy atom. The van der Waals surface area contributed by atoms with Crippen LogP contribution in [0, 0.1) is 6.92 Å². The zero-order valence-electron chi connectivity index (χ0n) is 10.6. The molecule has 1 aromatic heterocycles. The van der Waals surface area contributed by atoms with E-state index in [-0.39, 0.29) is 11.3 Å². The molecule has 0 aliphatic heterocycles. The van der Waals surface area contributed by atoms with Gasteiger partial charge in [0.05, 0.1) is 16.8 Å². The van der Waals surface area contributed by atoms with Gasteiger partial charge in [0.25, 0.3) is 5.91 Å². The highest BCUT2D eigenvalue weighted by atomic mass is 79.9. The fourth-order valence-corrected chi connectivity index (χ4v) is 1.96. The van der Waals surface area contributed by atoms with Crippen molar-refractivity contribution in [3.63, 3.8) is 0 Å². The molecule has 2 N–H and O–H groups in total. The Hall–Kier alpha value is -2.21. The summed E-state index contributed by atoms with van der Waals surface area (Å²) in [6.07, 6.45) is 1.45. The number of carboxylic acid groups (broad SMARTS) is 1. The van der Waals surface area contributed by atoms with Gasteiger partial charge in [0.15, 0.2) is 0 Å². The number of nitrogens with zero attached hydrogens (tertiary/aromatic N) is 1. The number of hydrogen-bond acceptors (Lipinski definition) is 3. The van der Waals surface area contributed by atoms with E-state index in [1.165, 1.54) is 12.3 Å². The minimum atomic E-state index is -1.10. The van der Waals surface area contributed by atoms with Crippen LogP contribution in [-0.4, -0.2) is 22.0 Å². The minimum Gasteiger partial charge on any atom is -0.478 e. The molecule has 20 heavy (non-hydrogen) atoms. The summed E-state index contributed by atoms with van der Waals surface area (Å²) in [5, 5.41) is 11.7. The standard InChI is InChI=1S/C14H11BrN2O3/c1-8-2-3-9(7-16-8)13(18)17-12-6-10(15)4-5-11(12)14(19)20/h2-7H,1H3,(H,17,18)(H,19,20). The number of pyridine rings is 1. The Labute approximate surface area is 123 Å². The molecule has 0 aliphatic rings. The minimum absolute atomic E-state index is 0.0293. The SMILES string of the molecule is Cc1ccc(C(=O)Nc2cc(Br)ccc2C(=O)O)cn1. The van der Waals surface area contributed by atoms with Crippen LogP contribution in [0.25, 0.3) is 0 Å². The largest absolute Gasteiger partial charge is 0.478 e. The maximum Gasteiger partial charge on any atom is 0.337 e. The Kier molecular flexibility index (Phi) is 4.14. The summed E-state index contributed by atoms with van der Waals surface area (Å²) in [6, 6.07) is 7.93. The number of carboxylic acids is 1. The molecule has 2 aromatic rings. The Morgan fingerprint density at radius 2 is 2.00 bits per heavy atom. The first kappa shape index (κ1) is 14.2. The van der Waals surface area contributed by atoms with Crippen molar-refractivity contribution in [3.05, 3.63) is 57.8 Å². The highest BCUT2D eigenvalue weighted by molar-refractivity contribution is 9.10. The molecule has 1 amide bonds. The van der Waals surface area contributed by atoms with Gasteiger partial charge in [-0.25, -0.2) is 4.79 Å². The van der Waals surface area contributed by atoms with Gasteiger partial charge in [-0.3, -0.25) is 9.78 Å². The molecule has 0 atom stereocenters. The lowest BCUT2D eigenvalue weighted by Gasteiger charge is -2.09. The number of amides is 1. The Balaban J connectivity index is 2.29. The van der Waals surface area contributed by atoms with E-state index in [0.717, 1.165) is 5.69 Å². The summed E-state index contributed by atoms with van der Waals surface area (Å²) in [6.45, 7) is 1.82. The van der Waals surface area contributed by atoms with Gasteiger partial charge in [-0.05, 0) is 37.3 Å². The van der Waals surface area contributed by atoms with Crippen LogP contribution >= 0.6 is 15.9 Å². The van der Waals surface area contributed by atoms with E-state index >= 15 is 0 Å². The molecule has 2 rings (SSSR count). The van der Waals surface area contributed by atoms with Gasteiger partial charge in [-0.1, -0.05) is 15.9 Å². The molecule has 102 valence electrons. The molecule has 0 radical (unpaired) electrons. The van der Waals surface area contributed by atoms with Gasteiger partial charge >= 0.3 is 5.97 Å². The fourth-order valence-electron chi connectivity index (χ4n) is 1.60. The van der Waals surface area contributed by atoms with Crippen LogP contribution in [0.1, 0.15) is 26.4 Å². The molecule has 0 saturated heterocycles. The highest BCUT2D eigenvalue weighted by Gasteiger charge is 2.14. The number of anilines is 1. The summed E-state index contributed by atoms with van der Waals surface area (Å²) >= 11 is 3.24. The van der Waals surface area contributed by atoms with Crippen LogP contribution in [0.2, 0.25) is 0 Å². The van der Waals surface area contributed by atoms with Crippen LogP contribution in [0.4, 0.5) is 5.69 Å². The molecule has 0 aliphatic carbocycles. The molecule has 1 aromatic carbocycles. The van der Waals surface area contributed by atoms with E-state index in [1.54, 1.807) is 24.3 Å². The summed E-state index contributed by atoms with van der Waals surface area (Å²) in [7, 11) is 0. The van der Waals surface area contributed by atoms with Gasteiger partial charge < -0.3 is 10.4 Å². The zero-order chi connectivity index (χ0) is 14.7. The van der Waals surface area contributed by atoms with Crippen LogP contribution in [0.15, 0.2) is 41.0 Å². The van der Waals surface area contributed by atoms with Gasteiger partial charge in [0, 0.05) is 16.4 Å². The first-order valence-electron chi connectivity index (χ1n) is 5.74. The fraction of sp³-hybridized carbons (Fsp3) is 0.0714.